The first kappa shape index (κ1) is 49.2. The number of hydrogen-bond donors (Lipinski definition) is 2. The highest BCUT2D eigenvalue weighted by atomic mass is 16.5. The number of anilines is 2. The Hall–Kier alpha value is -3.54. The summed E-state index contributed by atoms with van der Waals surface area (Å²) in [6.07, 6.45) is 0. The van der Waals surface area contributed by atoms with E-state index in [0.717, 1.165) is 47.4 Å². The van der Waals surface area contributed by atoms with Crippen LogP contribution in [0.3, 0.4) is 0 Å². The topological polar surface area (TPSA) is 76.1 Å². The Morgan fingerprint density at radius 2 is 0.907 bits per heavy atom. The third-order valence-electron chi connectivity index (χ3n) is 4.91. The normalized spacial score (nSPS) is 8.00. The molecule has 0 atom stereocenters. The average Bonchev–Trinajstić information content (AvgIpc) is 3.60. The molecule has 6 heteroatoms. The average molecular weight is 601 g/mol. The van der Waals surface area contributed by atoms with Crippen molar-refractivity contribution in [1.29, 1.82) is 0 Å². The fourth-order valence-corrected chi connectivity index (χ4v) is 2.72. The van der Waals surface area contributed by atoms with Crippen LogP contribution in [0, 0.1) is 27.7 Å². The lowest BCUT2D eigenvalue weighted by Crippen LogP contribution is -2.00. The van der Waals surface area contributed by atoms with Crippen molar-refractivity contribution in [2.24, 2.45) is 0 Å². The molecule has 0 fully saturated rings. The number of nitrogens with one attached hydrogen (secondary N) is 2. The lowest BCUT2D eigenvalue weighted by molar-refractivity contribution is 0.398. The van der Waals surface area contributed by atoms with Crippen molar-refractivity contribution in [3.05, 3.63) is 94.4 Å². The van der Waals surface area contributed by atoms with Gasteiger partial charge in [-0.3, -0.25) is 0 Å². The maximum absolute atomic E-state index is 5.16. The molecule has 0 bridgehead atoms. The van der Waals surface area contributed by atoms with Gasteiger partial charge in [-0.15, -0.1) is 0 Å². The highest BCUT2D eigenvalue weighted by Crippen LogP contribution is 2.18. The van der Waals surface area contributed by atoms with Gasteiger partial charge in [0.2, 0.25) is 5.88 Å². The quantitative estimate of drug-likeness (QED) is 0.229. The summed E-state index contributed by atoms with van der Waals surface area (Å²) >= 11 is 0. The molecule has 0 spiro atoms. The van der Waals surface area contributed by atoms with Crippen LogP contribution in [-0.2, 0) is 13.1 Å². The molecule has 0 saturated heterocycles. The van der Waals surface area contributed by atoms with E-state index in [-0.39, 0.29) is 7.43 Å². The van der Waals surface area contributed by atoms with E-state index in [4.69, 9.17) is 9.05 Å². The Kier molecular flexibility index (Phi) is 41.7. The molecule has 2 N–H and O–H groups in total. The van der Waals surface area contributed by atoms with Gasteiger partial charge in [-0.25, -0.2) is 0 Å². The Balaban J connectivity index is -0.000000163. The van der Waals surface area contributed by atoms with E-state index in [0.29, 0.717) is 0 Å². The molecule has 0 aliphatic rings. The van der Waals surface area contributed by atoms with Crippen molar-refractivity contribution < 1.29 is 9.05 Å². The minimum atomic E-state index is 0. The van der Waals surface area contributed by atoms with Crippen molar-refractivity contribution in [2.75, 3.05) is 10.6 Å². The maximum atomic E-state index is 5.16. The number of rotatable bonds is 6. The highest BCUT2D eigenvalue weighted by molar-refractivity contribution is 5.44. The standard InChI is InChI=1S/2C12H14N2O.6C2H6.CH4/c1-9-10(2)15-14-12(9)13-8-11-6-4-3-5-7-11;1-9-10(2)14-15-12(9)13-8-11-6-4-3-5-7-11;6*1-2;/h3-7H,8H2,1-2H3,(H,13,14);3-7,13H,8H2,1-2H3;6*1-2H3;1H4. The summed E-state index contributed by atoms with van der Waals surface area (Å²) in [6, 6.07) is 20.4. The number of aryl methyl sites for hydroxylation is 2. The van der Waals surface area contributed by atoms with Crippen LogP contribution in [0.1, 0.15) is 124 Å². The SMILES string of the molecule is C.CC.CC.CC.CC.CC.CC.Cc1noc(NCc2ccccc2)c1C.Cc1onc(NCc2ccccc2)c1C. The Morgan fingerprint density at radius 1 is 0.512 bits per heavy atom. The molecule has 0 saturated carbocycles. The van der Waals surface area contributed by atoms with Gasteiger partial charge >= 0.3 is 0 Å². The monoisotopic (exact) mass is 601 g/mol. The smallest absolute Gasteiger partial charge is 0.228 e. The summed E-state index contributed by atoms with van der Waals surface area (Å²) < 4.78 is 10.2. The van der Waals surface area contributed by atoms with Crippen LogP contribution in [-0.4, -0.2) is 10.3 Å². The van der Waals surface area contributed by atoms with Gasteiger partial charge in [-0.1, -0.05) is 161 Å². The molecule has 4 aromatic rings. The van der Waals surface area contributed by atoms with E-state index in [9.17, 15) is 0 Å². The van der Waals surface area contributed by atoms with Gasteiger partial charge < -0.3 is 19.7 Å². The first-order valence-corrected chi connectivity index (χ1v) is 16.0. The van der Waals surface area contributed by atoms with E-state index < -0.39 is 0 Å². The minimum absolute atomic E-state index is 0. The molecule has 0 amide bonds. The summed E-state index contributed by atoms with van der Waals surface area (Å²) in [7, 11) is 0. The molecule has 2 aromatic heterocycles. The van der Waals surface area contributed by atoms with E-state index in [2.05, 4.69) is 45.2 Å². The second kappa shape index (κ2) is 36.5. The van der Waals surface area contributed by atoms with Gasteiger partial charge in [0.05, 0.1) is 5.69 Å². The molecule has 2 heterocycles. The van der Waals surface area contributed by atoms with Crippen molar-refractivity contribution in [3.8, 4) is 0 Å². The third-order valence-corrected chi connectivity index (χ3v) is 4.91. The number of nitrogens with zero attached hydrogens (tertiary/aromatic N) is 2. The Morgan fingerprint density at radius 3 is 1.23 bits per heavy atom. The molecule has 248 valence electrons. The molecule has 4 rings (SSSR count). The van der Waals surface area contributed by atoms with Gasteiger partial charge in [0.25, 0.3) is 0 Å². The molecule has 6 nitrogen and oxygen atoms in total. The Labute approximate surface area is 267 Å². The van der Waals surface area contributed by atoms with Crippen molar-refractivity contribution in [1.82, 2.24) is 10.3 Å². The third kappa shape index (κ3) is 21.8. The van der Waals surface area contributed by atoms with Crippen LogP contribution in [0.15, 0.2) is 69.7 Å². The molecule has 2 aromatic carbocycles. The zero-order valence-electron chi connectivity index (χ0n) is 29.9. The number of hydrogen-bond acceptors (Lipinski definition) is 6. The van der Waals surface area contributed by atoms with Crippen molar-refractivity contribution in [2.45, 2.75) is 131 Å². The Bertz CT molecular complexity index is 957. The molecule has 0 aliphatic carbocycles. The van der Waals surface area contributed by atoms with Crippen LogP contribution in [0.5, 0.6) is 0 Å². The largest absolute Gasteiger partial charge is 0.363 e. The summed E-state index contributed by atoms with van der Waals surface area (Å²) in [5.41, 5.74) is 5.55. The van der Waals surface area contributed by atoms with Gasteiger partial charge in [0.1, 0.15) is 5.76 Å². The second-order valence-electron chi connectivity index (χ2n) is 7.11. The van der Waals surface area contributed by atoms with E-state index >= 15 is 0 Å². The van der Waals surface area contributed by atoms with Crippen LogP contribution in [0.4, 0.5) is 11.7 Å². The summed E-state index contributed by atoms with van der Waals surface area (Å²) in [5, 5.41) is 14.3. The predicted octanol–water partition coefficient (Wildman–Crippen LogP) is 12.6. The van der Waals surface area contributed by atoms with E-state index in [1.807, 2.05) is 147 Å². The van der Waals surface area contributed by atoms with Gasteiger partial charge in [-0.05, 0) is 38.8 Å². The number of benzene rings is 2. The lowest BCUT2D eigenvalue weighted by atomic mass is 10.2. The molecule has 0 aliphatic heterocycles. The first-order chi connectivity index (χ1) is 20.5. The highest BCUT2D eigenvalue weighted by Gasteiger charge is 2.07. The van der Waals surface area contributed by atoms with Gasteiger partial charge in [0, 0.05) is 24.2 Å². The fraction of sp³-hybridized carbons (Fsp3) is 0.514. The maximum Gasteiger partial charge on any atom is 0.228 e. The van der Waals surface area contributed by atoms with E-state index in [1.54, 1.807) is 0 Å². The first-order valence-electron chi connectivity index (χ1n) is 16.0. The van der Waals surface area contributed by atoms with Crippen molar-refractivity contribution >= 4 is 11.7 Å². The number of aromatic nitrogens is 2. The molecular formula is C37H68N4O2. The van der Waals surface area contributed by atoms with Gasteiger partial charge in [0.15, 0.2) is 5.82 Å². The molecule has 0 unspecified atom stereocenters. The molecular weight excluding hydrogens is 532 g/mol. The second-order valence-corrected chi connectivity index (χ2v) is 7.11. The summed E-state index contributed by atoms with van der Waals surface area (Å²) in [6.45, 7) is 33.4. The van der Waals surface area contributed by atoms with E-state index in [1.165, 1.54) is 11.1 Å². The van der Waals surface area contributed by atoms with Gasteiger partial charge in [-0.2, -0.15) is 0 Å². The molecule has 0 radical (unpaired) electrons. The van der Waals surface area contributed by atoms with Crippen LogP contribution < -0.4 is 10.6 Å². The van der Waals surface area contributed by atoms with Crippen molar-refractivity contribution in [3.63, 3.8) is 0 Å². The fourth-order valence-electron chi connectivity index (χ4n) is 2.72. The van der Waals surface area contributed by atoms with Crippen LogP contribution in [0.25, 0.3) is 0 Å². The zero-order valence-corrected chi connectivity index (χ0v) is 29.9. The lowest BCUT2D eigenvalue weighted by Gasteiger charge is -2.02. The summed E-state index contributed by atoms with van der Waals surface area (Å²) in [5.74, 6) is 2.46. The molecule has 43 heavy (non-hydrogen) atoms. The van der Waals surface area contributed by atoms with Crippen LogP contribution in [0.2, 0.25) is 0 Å². The summed E-state index contributed by atoms with van der Waals surface area (Å²) in [4.78, 5) is 0. The predicted molar refractivity (Wildman–Crippen MR) is 194 cm³/mol. The van der Waals surface area contributed by atoms with Crippen LogP contribution >= 0.6 is 0 Å². The minimum Gasteiger partial charge on any atom is -0.363 e. The zero-order chi connectivity index (χ0) is 33.3.